The number of thioether (sulfide) groups is 1. The Balaban J connectivity index is 2.68. The van der Waals surface area contributed by atoms with Crippen LogP contribution in [0.5, 0.6) is 0 Å². The second-order valence-corrected chi connectivity index (χ2v) is 5.26. The molecule has 0 heterocycles. The van der Waals surface area contributed by atoms with E-state index in [1.165, 1.54) is 23.9 Å². The molecule has 1 rings (SSSR count). The third-order valence-corrected chi connectivity index (χ3v) is 3.37. The molecule has 0 bridgehead atoms. The lowest BCUT2D eigenvalue weighted by Crippen LogP contribution is -2.43. The van der Waals surface area contributed by atoms with Crippen LogP contribution in [0.4, 0.5) is 14.9 Å². The van der Waals surface area contributed by atoms with Gasteiger partial charge >= 0.3 is 12.0 Å². The van der Waals surface area contributed by atoms with Crippen molar-refractivity contribution in [3.63, 3.8) is 0 Å². The van der Waals surface area contributed by atoms with Crippen molar-refractivity contribution in [2.45, 2.75) is 12.5 Å². The molecule has 5 nitrogen and oxygen atoms in total. The number of carboxylic acids is 1. The van der Waals surface area contributed by atoms with Crippen LogP contribution < -0.4 is 10.6 Å². The van der Waals surface area contributed by atoms with E-state index in [9.17, 15) is 14.0 Å². The number of halogens is 2. The number of urea groups is 1. The molecular formula is C12H14ClFN2O3S. The molecule has 0 aliphatic carbocycles. The van der Waals surface area contributed by atoms with E-state index in [0.29, 0.717) is 5.75 Å². The van der Waals surface area contributed by atoms with Crippen LogP contribution in [-0.2, 0) is 4.79 Å². The summed E-state index contributed by atoms with van der Waals surface area (Å²) >= 11 is 7.22. The minimum atomic E-state index is -1.14. The quantitative estimate of drug-likeness (QED) is 0.753. The number of aliphatic carboxylic acids is 1. The summed E-state index contributed by atoms with van der Waals surface area (Å²) in [5.41, 5.74) is -0.180. The van der Waals surface area contributed by atoms with Gasteiger partial charge in [0.15, 0.2) is 0 Å². The predicted molar refractivity (Wildman–Crippen MR) is 78.0 cm³/mol. The van der Waals surface area contributed by atoms with E-state index in [0.717, 1.165) is 6.07 Å². The Morgan fingerprint density at radius 2 is 2.20 bits per heavy atom. The van der Waals surface area contributed by atoms with Crippen LogP contribution in [-0.4, -0.2) is 35.2 Å². The molecule has 1 atom stereocenters. The van der Waals surface area contributed by atoms with Gasteiger partial charge in [0.2, 0.25) is 0 Å². The summed E-state index contributed by atoms with van der Waals surface area (Å²) < 4.78 is 13.5. The normalized spacial score (nSPS) is 11.8. The summed E-state index contributed by atoms with van der Waals surface area (Å²) in [4.78, 5) is 22.7. The Hall–Kier alpha value is -1.47. The van der Waals surface area contributed by atoms with E-state index in [1.54, 1.807) is 0 Å². The lowest BCUT2D eigenvalue weighted by molar-refractivity contribution is -0.139. The summed E-state index contributed by atoms with van der Waals surface area (Å²) in [7, 11) is 0. The lowest BCUT2D eigenvalue weighted by atomic mass is 10.2. The van der Waals surface area contributed by atoms with Gasteiger partial charge in [-0.05, 0) is 30.6 Å². The fraction of sp³-hybridized carbons (Fsp3) is 0.333. The largest absolute Gasteiger partial charge is 0.480 e. The van der Waals surface area contributed by atoms with Gasteiger partial charge in [0.05, 0.1) is 10.7 Å². The highest BCUT2D eigenvalue weighted by Crippen LogP contribution is 2.24. The molecule has 3 N–H and O–H groups in total. The number of hydrogen-bond donors (Lipinski definition) is 3. The smallest absolute Gasteiger partial charge is 0.326 e. The number of carboxylic acid groups (broad SMARTS) is 1. The van der Waals surface area contributed by atoms with Crippen molar-refractivity contribution >= 4 is 41.1 Å². The van der Waals surface area contributed by atoms with E-state index < -0.39 is 23.9 Å². The molecule has 0 spiro atoms. The molecule has 0 saturated carbocycles. The topological polar surface area (TPSA) is 78.4 Å². The number of para-hydroxylation sites is 1. The lowest BCUT2D eigenvalue weighted by Gasteiger charge is -2.15. The predicted octanol–water partition coefficient (Wildman–Crippen LogP) is 2.81. The van der Waals surface area contributed by atoms with Crippen LogP contribution in [0, 0.1) is 5.82 Å². The van der Waals surface area contributed by atoms with Crippen molar-refractivity contribution in [3.8, 4) is 0 Å². The van der Waals surface area contributed by atoms with Gasteiger partial charge in [-0.25, -0.2) is 14.0 Å². The molecule has 20 heavy (non-hydrogen) atoms. The summed E-state index contributed by atoms with van der Waals surface area (Å²) in [5, 5.41) is 13.5. The molecule has 8 heteroatoms. The molecule has 0 aromatic heterocycles. The van der Waals surface area contributed by atoms with Gasteiger partial charge in [-0.3, -0.25) is 0 Å². The number of carbonyl (C=O) groups excluding carboxylic acids is 1. The molecule has 1 aromatic rings. The molecule has 0 aliphatic heterocycles. The first-order valence-corrected chi connectivity index (χ1v) is 7.46. The molecule has 0 saturated heterocycles. The fourth-order valence-corrected chi connectivity index (χ4v) is 2.10. The highest BCUT2D eigenvalue weighted by atomic mass is 35.5. The number of amides is 2. The fourth-order valence-electron chi connectivity index (χ4n) is 1.42. The minimum Gasteiger partial charge on any atom is -0.480 e. The van der Waals surface area contributed by atoms with Crippen molar-refractivity contribution in [1.29, 1.82) is 0 Å². The molecule has 0 aliphatic rings. The van der Waals surface area contributed by atoms with Gasteiger partial charge in [-0.2, -0.15) is 11.8 Å². The SMILES string of the molecule is CSCC[C@H](NC(=O)Nc1c(F)cccc1Cl)C(=O)O. The first-order valence-electron chi connectivity index (χ1n) is 5.69. The first kappa shape index (κ1) is 16.6. The second-order valence-electron chi connectivity index (χ2n) is 3.87. The van der Waals surface area contributed by atoms with Crippen LogP contribution in [0.3, 0.4) is 0 Å². The van der Waals surface area contributed by atoms with Crippen molar-refractivity contribution in [2.75, 3.05) is 17.3 Å². The van der Waals surface area contributed by atoms with Crippen LogP contribution >= 0.6 is 23.4 Å². The second kappa shape index (κ2) is 7.96. The number of nitrogens with one attached hydrogen (secondary N) is 2. The average Bonchev–Trinajstić information content (AvgIpc) is 2.38. The Bertz CT molecular complexity index is 481. The average molecular weight is 321 g/mol. The number of rotatable bonds is 6. The van der Waals surface area contributed by atoms with Gasteiger partial charge in [-0.15, -0.1) is 0 Å². The summed E-state index contributed by atoms with van der Waals surface area (Å²) in [6.07, 6.45) is 2.10. The van der Waals surface area contributed by atoms with Crippen LogP contribution in [0.25, 0.3) is 0 Å². The zero-order valence-corrected chi connectivity index (χ0v) is 12.2. The van der Waals surface area contributed by atoms with Crippen molar-refractivity contribution in [2.24, 2.45) is 0 Å². The zero-order chi connectivity index (χ0) is 15.1. The van der Waals surface area contributed by atoms with Crippen molar-refractivity contribution in [1.82, 2.24) is 5.32 Å². The van der Waals surface area contributed by atoms with Gasteiger partial charge in [0.25, 0.3) is 0 Å². The standard InChI is InChI=1S/C12H14ClFN2O3S/c1-20-6-5-9(11(17)18)15-12(19)16-10-7(13)3-2-4-8(10)14/h2-4,9H,5-6H2,1H3,(H,17,18)(H2,15,16,19)/t9-/m0/s1. The highest BCUT2D eigenvalue weighted by molar-refractivity contribution is 7.98. The maximum absolute atomic E-state index is 13.5. The van der Waals surface area contributed by atoms with Gasteiger partial charge < -0.3 is 15.7 Å². The van der Waals surface area contributed by atoms with Crippen LogP contribution in [0.15, 0.2) is 18.2 Å². The van der Waals surface area contributed by atoms with E-state index in [4.69, 9.17) is 16.7 Å². The molecule has 0 radical (unpaired) electrons. The third-order valence-electron chi connectivity index (χ3n) is 2.42. The molecule has 2 amide bonds. The van der Waals surface area contributed by atoms with Crippen LogP contribution in [0.2, 0.25) is 5.02 Å². The third kappa shape index (κ3) is 4.90. The summed E-state index contributed by atoms with van der Waals surface area (Å²) in [5.74, 6) is -1.25. The number of benzene rings is 1. The van der Waals surface area contributed by atoms with E-state index in [-0.39, 0.29) is 17.1 Å². The Morgan fingerprint density at radius 1 is 1.50 bits per heavy atom. The summed E-state index contributed by atoms with van der Waals surface area (Å²) in [6, 6.07) is 2.12. The number of hydrogen-bond acceptors (Lipinski definition) is 3. The minimum absolute atomic E-state index is 0.0381. The van der Waals surface area contributed by atoms with Gasteiger partial charge in [-0.1, -0.05) is 17.7 Å². The van der Waals surface area contributed by atoms with Crippen molar-refractivity contribution in [3.05, 3.63) is 29.0 Å². The maximum Gasteiger partial charge on any atom is 0.326 e. The number of carbonyl (C=O) groups is 2. The highest BCUT2D eigenvalue weighted by Gasteiger charge is 2.20. The van der Waals surface area contributed by atoms with Crippen LogP contribution in [0.1, 0.15) is 6.42 Å². The zero-order valence-electron chi connectivity index (χ0n) is 10.7. The van der Waals surface area contributed by atoms with E-state index in [1.807, 2.05) is 6.26 Å². The monoisotopic (exact) mass is 320 g/mol. The Labute approximate surface area is 124 Å². The Morgan fingerprint density at radius 3 is 2.75 bits per heavy atom. The molecule has 1 aromatic carbocycles. The molecule has 0 fully saturated rings. The summed E-state index contributed by atoms with van der Waals surface area (Å²) in [6.45, 7) is 0. The molecular weight excluding hydrogens is 307 g/mol. The Kier molecular flexibility index (Phi) is 6.60. The van der Waals surface area contributed by atoms with E-state index >= 15 is 0 Å². The van der Waals surface area contributed by atoms with E-state index in [2.05, 4.69) is 10.6 Å². The number of anilines is 1. The maximum atomic E-state index is 13.5. The first-order chi connectivity index (χ1) is 9.45. The van der Waals surface area contributed by atoms with Gasteiger partial charge in [0.1, 0.15) is 11.9 Å². The van der Waals surface area contributed by atoms with Crippen molar-refractivity contribution < 1.29 is 19.1 Å². The van der Waals surface area contributed by atoms with Gasteiger partial charge in [0, 0.05) is 0 Å². The molecule has 110 valence electrons. The molecule has 0 unspecified atom stereocenters.